The summed E-state index contributed by atoms with van der Waals surface area (Å²) in [5.41, 5.74) is 10.5. The first-order valence-electron chi connectivity index (χ1n) is 13.9. The molecule has 3 N–H and O–H groups in total. The van der Waals surface area contributed by atoms with E-state index in [4.69, 9.17) is 27.1 Å². The van der Waals surface area contributed by atoms with E-state index in [1.54, 1.807) is 30.1 Å². The van der Waals surface area contributed by atoms with E-state index in [-0.39, 0.29) is 19.0 Å². The van der Waals surface area contributed by atoms with E-state index < -0.39 is 35.8 Å². The quantitative estimate of drug-likeness (QED) is 0.134. The fraction of sp³-hybridized carbons (Fsp3) is 0.345. The maximum Gasteiger partial charge on any atom is 0.231 e. The van der Waals surface area contributed by atoms with Crippen molar-refractivity contribution in [2.24, 2.45) is 12.8 Å². The highest BCUT2D eigenvalue weighted by molar-refractivity contribution is 7.92. The minimum atomic E-state index is -3.66. The van der Waals surface area contributed by atoms with Gasteiger partial charge in [-0.25, -0.2) is 26.9 Å². The van der Waals surface area contributed by atoms with Gasteiger partial charge in [0.2, 0.25) is 10.0 Å². The van der Waals surface area contributed by atoms with E-state index in [1.165, 1.54) is 16.8 Å². The lowest BCUT2D eigenvalue weighted by atomic mass is 9.94. The van der Waals surface area contributed by atoms with Crippen molar-refractivity contribution in [3.05, 3.63) is 70.5 Å². The van der Waals surface area contributed by atoms with Crippen LogP contribution in [0.25, 0.3) is 33.1 Å². The molecule has 3 aromatic heterocycles. The Labute approximate surface area is 260 Å². The van der Waals surface area contributed by atoms with E-state index in [9.17, 15) is 17.2 Å². The summed E-state index contributed by atoms with van der Waals surface area (Å²) in [4.78, 5) is 4.89. The van der Waals surface area contributed by atoms with Gasteiger partial charge in [0, 0.05) is 38.9 Å². The first-order valence-corrected chi connectivity index (χ1v) is 19.9. The average molecular weight is 662 g/mol. The molecule has 5 rings (SSSR count). The number of halogens is 3. The largest absolute Gasteiger partial charge is 0.360 e. The zero-order valence-corrected chi connectivity index (χ0v) is 27.6. The number of nitrogens with one attached hydrogen (secondary N) is 1. The van der Waals surface area contributed by atoms with Gasteiger partial charge >= 0.3 is 0 Å². The van der Waals surface area contributed by atoms with Crippen LogP contribution < -0.4 is 10.5 Å². The number of aryl methyl sites for hydroxylation is 1. The summed E-state index contributed by atoms with van der Waals surface area (Å²) in [6, 6.07) is 8.82. The van der Waals surface area contributed by atoms with Crippen LogP contribution in [0.4, 0.5) is 14.6 Å². The summed E-state index contributed by atoms with van der Waals surface area (Å²) in [5.74, 6) is -1.33. The Kier molecular flexibility index (Phi) is 8.84. The van der Waals surface area contributed by atoms with Crippen LogP contribution in [0.2, 0.25) is 30.7 Å². The summed E-state index contributed by atoms with van der Waals surface area (Å²) >= 11 is 6.58. The van der Waals surface area contributed by atoms with E-state index >= 15 is 0 Å². The van der Waals surface area contributed by atoms with Crippen LogP contribution in [0, 0.1) is 11.6 Å². The predicted octanol–water partition coefficient (Wildman–Crippen LogP) is 5.84. The SMILES string of the molecule is Cn1nc(NS(C)(=O)=O)c2c(Cl)ccc(-c3cc4c(cnn4COCC[Si](C)(C)C)nc3[C@@H](N)Cc3cc(F)cc(F)c3)c21. The molecule has 0 spiro atoms. The Bertz CT molecular complexity index is 1960. The third kappa shape index (κ3) is 7.10. The molecule has 234 valence electrons. The highest BCUT2D eigenvalue weighted by Gasteiger charge is 2.24. The van der Waals surface area contributed by atoms with Gasteiger partial charge < -0.3 is 10.5 Å². The zero-order valence-electron chi connectivity index (χ0n) is 25.0. The fourth-order valence-electron chi connectivity index (χ4n) is 5.07. The molecule has 0 unspecified atom stereocenters. The number of hydrogen-bond donors (Lipinski definition) is 2. The predicted molar refractivity (Wildman–Crippen MR) is 172 cm³/mol. The minimum Gasteiger partial charge on any atom is -0.360 e. The molecule has 0 amide bonds. The molecule has 0 saturated heterocycles. The van der Waals surface area contributed by atoms with Crippen molar-refractivity contribution in [2.45, 2.75) is 44.9 Å². The number of fused-ring (bicyclic) bond motifs is 2. The van der Waals surface area contributed by atoms with Gasteiger partial charge in [0.1, 0.15) is 23.9 Å². The lowest BCUT2D eigenvalue weighted by molar-refractivity contribution is 0.0817. The Morgan fingerprint density at radius 1 is 1.11 bits per heavy atom. The monoisotopic (exact) mass is 661 g/mol. The van der Waals surface area contributed by atoms with E-state index in [0.717, 1.165) is 18.4 Å². The highest BCUT2D eigenvalue weighted by atomic mass is 35.5. The molecular formula is C29H34ClF2N7O3SSi. The van der Waals surface area contributed by atoms with Crippen molar-refractivity contribution in [2.75, 3.05) is 17.6 Å². The van der Waals surface area contributed by atoms with Gasteiger partial charge in [-0.15, -0.1) is 0 Å². The van der Waals surface area contributed by atoms with Crippen LogP contribution in [-0.4, -0.2) is 53.9 Å². The number of anilines is 1. The number of sulfonamides is 1. The lowest BCUT2D eigenvalue weighted by Gasteiger charge is -2.18. The fourth-order valence-corrected chi connectivity index (χ4v) is 6.57. The van der Waals surface area contributed by atoms with Gasteiger partial charge in [-0.1, -0.05) is 37.3 Å². The average Bonchev–Trinajstić information content (AvgIpc) is 3.44. The molecule has 5 aromatic rings. The molecule has 0 bridgehead atoms. The van der Waals surface area contributed by atoms with Gasteiger partial charge in [-0.3, -0.25) is 9.40 Å². The second kappa shape index (κ2) is 12.2. The molecular weight excluding hydrogens is 628 g/mol. The van der Waals surface area contributed by atoms with Crippen molar-refractivity contribution >= 4 is 57.5 Å². The number of nitrogens with two attached hydrogens (primary N) is 1. The Hall–Kier alpha value is -3.43. The van der Waals surface area contributed by atoms with Crippen molar-refractivity contribution in [3.63, 3.8) is 0 Å². The number of benzene rings is 2. The maximum absolute atomic E-state index is 14.0. The Morgan fingerprint density at radius 2 is 1.82 bits per heavy atom. The summed E-state index contributed by atoms with van der Waals surface area (Å²) in [7, 11) is -3.27. The van der Waals surface area contributed by atoms with Gasteiger partial charge in [0.05, 0.1) is 45.6 Å². The second-order valence-corrected chi connectivity index (χ2v) is 19.8. The maximum atomic E-state index is 14.0. The molecule has 15 heteroatoms. The molecule has 0 radical (unpaired) electrons. The minimum absolute atomic E-state index is 0.0767. The number of ether oxygens (including phenoxy) is 1. The lowest BCUT2D eigenvalue weighted by Crippen LogP contribution is -2.22. The van der Waals surface area contributed by atoms with E-state index in [0.29, 0.717) is 56.0 Å². The number of rotatable bonds is 11. The van der Waals surface area contributed by atoms with E-state index in [1.807, 2.05) is 6.07 Å². The smallest absolute Gasteiger partial charge is 0.231 e. The Balaban J connectivity index is 1.66. The highest BCUT2D eigenvalue weighted by Crippen LogP contribution is 2.40. The van der Waals surface area contributed by atoms with Crippen LogP contribution in [0.1, 0.15) is 17.3 Å². The van der Waals surface area contributed by atoms with Crippen LogP contribution in [0.5, 0.6) is 0 Å². The Morgan fingerprint density at radius 3 is 2.48 bits per heavy atom. The molecule has 2 aromatic carbocycles. The van der Waals surface area contributed by atoms with Crippen molar-refractivity contribution in [1.82, 2.24) is 24.5 Å². The number of nitrogens with zero attached hydrogens (tertiary/aromatic N) is 5. The molecule has 0 fully saturated rings. The van der Waals surface area contributed by atoms with Gasteiger partial charge in [0.25, 0.3) is 0 Å². The summed E-state index contributed by atoms with van der Waals surface area (Å²) in [5, 5.41) is 9.58. The summed E-state index contributed by atoms with van der Waals surface area (Å²) in [6.45, 7) is 7.66. The van der Waals surface area contributed by atoms with Crippen molar-refractivity contribution in [3.8, 4) is 11.1 Å². The first kappa shape index (κ1) is 32.0. The molecule has 0 saturated carbocycles. The summed E-state index contributed by atoms with van der Waals surface area (Å²) < 4.78 is 63.9. The van der Waals surface area contributed by atoms with Gasteiger partial charge in [-0.05, 0) is 42.3 Å². The molecule has 44 heavy (non-hydrogen) atoms. The molecule has 3 heterocycles. The number of pyridine rings is 1. The molecule has 0 aliphatic heterocycles. The number of aromatic nitrogens is 5. The number of hydrogen-bond acceptors (Lipinski definition) is 7. The molecule has 1 atom stereocenters. The van der Waals surface area contributed by atoms with Crippen LogP contribution in [-0.2, 0) is 35.0 Å². The molecule has 0 aliphatic rings. The van der Waals surface area contributed by atoms with Crippen LogP contribution >= 0.6 is 11.6 Å². The van der Waals surface area contributed by atoms with Crippen LogP contribution in [0.15, 0.2) is 42.6 Å². The second-order valence-electron chi connectivity index (χ2n) is 12.1. The third-order valence-electron chi connectivity index (χ3n) is 7.11. The zero-order chi connectivity index (χ0) is 32.0. The van der Waals surface area contributed by atoms with Crippen molar-refractivity contribution < 1.29 is 21.9 Å². The standard InChI is InChI=1S/C29H34ClF2N7O3SSi/c1-38-28-20(6-7-22(30)26(28)29(36-38)37-43(2,40)41)21-14-25-24(15-34-39(25)16-42-8-9-44(3,4)5)35-27(21)23(33)12-17-10-18(31)13-19(32)11-17/h6-7,10-11,13-15,23H,8-9,12,16,33H2,1-5H3,(H,36,37)/t23-/m0/s1. The van der Waals surface area contributed by atoms with Gasteiger partial charge in [-0.2, -0.15) is 10.2 Å². The molecule has 0 aliphatic carbocycles. The first-order chi connectivity index (χ1) is 20.6. The molecule has 10 nitrogen and oxygen atoms in total. The third-order valence-corrected chi connectivity index (χ3v) is 9.69. The van der Waals surface area contributed by atoms with Gasteiger partial charge in [0.15, 0.2) is 5.82 Å². The van der Waals surface area contributed by atoms with Crippen molar-refractivity contribution in [1.29, 1.82) is 0 Å². The topological polar surface area (TPSA) is 130 Å². The normalized spacial score (nSPS) is 13.2. The van der Waals surface area contributed by atoms with E-state index in [2.05, 4.69) is 34.6 Å². The summed E-state index contributed by atoms with van der Waals surface area (Å²) in [6.07, 6.45) is 2.74. The van der Waals surface area contributed by atoms with Crippen LogP contribution in [0.3, 0.4) is 0 Å².